The van der Waals surface area contributed by atoms with Crippen molar-refractivity contribution >= 4 is 29.1 Å². The molecule has 3 aromatic heterocycles. The molecule has 30 heavy (non-hydrogen) atoms. The maximum atomic E-state index is 13.7. The van der Waals surface area contributed by atoms with Gasteiger partial charge in [-0.15, -0.1) is 5.10 Å². The summed E-state index contributed by atoms with van der Waals surface area (Å²) in [6, 6.07) is 10.3. The van der Waals surface area contributed by atoms with Gasteiger partial charge in [0.2, 0.25) is 5.95 Å². The molecule has 0 atom stereocenters. The summed E-state index contributed by atoms with van der Waals surface area (Å²) < 4.78 is 29.8. The summed E-state index contributed by atoms with van der Waals surface area (Å²) in [4.78, 5) is 20.7. The molecule has 0 saturated heterocycles. The van der Waals surface area contributed by atoms with Crippen LogP contribution in [0.3, 0.4) is 0 Å². The Morgan fingerprint density at radius 3 is 2.70 bits per heavy atom. The largest absolute Gasteiger partial charge is 0.364 e. The summed E-state index contributed by atoms with van der Waals surface area (Å²) >= 11 is 5.16. The van der Waals surface area contributed by atoms with Crippen molar-refractivity contribution in [1.82, 2.24) is 29.4 Å². The van der Waals surface area contributed by atoms with Gasteiger partial charge >= 0.3 is 5.38 Å². The van der Waals surface area contributed by atoms with E-state index in [9.17, 15) is 13.6 Å². The Bertz CT molecular complexity index is 1250. The van der Waals surface area contributed by atoms with Crippen LogP contribution < -0.4 is 5.32 Å². The van der Waals surface area contributed by atoms with Crippen molar-refractivity contribution in [2.75, 3.05) is 5.32 Å². The van der Waals surface area contributed by atoms with Crippen LogP contribution in [0.1, 0.15) is 33.0 Å². The number of nitrogens with zero attached hydrogens (tertiary/aromatic N) is 6. The SMILES string of the molecule is Cc1cc(C(F)(F)Cl)n2nc(C(=O)Nc3ncn(Cc4ccccc4C)n3)cc2n1. The van der Waals surface area contributed by atoms with Crippen LogP contribution in [0.15, 0.2) is 42.7 Å². The van der Waals surface area contributed by atoms with Gasteiger partial charge < -0.3 is 0 Å². The number of amides is 1. The van der Waals surface area contributed by atoms with Crippen LogP contribution in [0.2, 0.25) is 0 Å². The van der Waals surface area contributed by atoms with Crippen LogP contribution >= 0.6 is 11.6 Å². The molecule has 3 heterocycles. The zero-order valence-corrected chi connectivity index (χ0v) is 16.7. The predicted octanol–water partition coefficient (Wildman–Crippen LogP) is 3.53. The number of benzene rings is 1. The second-order valence-corrected chi connectivity index (χ2v) is 7.20. The summed E-state index contributed by atoms with van der Waals surface area (Å²) in [5.41, 5.74) is 1.88. The molecule has 1 aromatic carbocycles. The number of fused-ring (bicyclic) bond motifs is 1. The molecule has 154 valence electrons. The number of aryl methyl sites for hydroxylation is 2. The molecule has 4 aromatic rings. The van der Waals surface area contributed by atoms with Crippen molar-refractivity contribution in [3.05, 3.63) is 70.9 Å². The lowest BCUT2D eigenvalue weighted by Crippen LogP contribution is -2.16. The minimum Gasteiger partial charge on any atom is -0.288 e. The highest BCUT2D eigenvalue weighted by atomic mass is 35.5. The fraction of sp³-hybridized carbons (Fsp3) is 0.211. The average Bonchev–Trinajstić information content (AvgIpc) is 3.28. The first kappa shape index (κ1) is 19.9. The molecule has 0 spiro atoms. The topological polar surface area (TPSA) is 90.0 Å². The third kappa shape index (κ3) is 3.99. The maximum Gasteiger partial charge on any atom is 0.364 e. The van der Waals surface area contributed by atoms with Gasteiger partial charge in [0.25, 0.3) is 5.91 Å². The second-order valence-electron chi connectivity index (χ2n) is 6.73. The summed E-state index contributed by atoms with van der Waals surface area (Å²) in [6.07, 6.45) is 1.49. The molecule has 0 aliphatic heterocycles. The van der Waals surface area contributed by atoms with Gasteiger partial charge in [-0.2, -0.15) is 13.9 Å². The number of rotatable bonds is 5. The monoisotopic (exact) mass is 431 g/mol. The zero-order chi connectivity index (χ0) is 21.5. The van der Waals surface area contributed by atoms with Gasteiger partial charge in [-0.05, 0) is 42.6 Å². The summed E-state index contributed by atoms with van der Waals surface area (Å²) in [5.74, 6) is -0.590. The standard InChI is InChI=1S/C19H16ClF2N7O/c1-11-5-3-4-6-13(11)9-28-10-23-18(27-28)25-17(30)14-8-16-24-12(2)7-15(19(20,21)22)29(16)26-14/h3-8,10H,9H2,1-2H3,(H,25,27,30). The van der Waals surface area contributed by atoms with Gasteiger partial charge in [-0.1, -0.05) is 24.3 Å². The highest BCUT2D eigenvalue weighted by Gasteiger charge is 2.32. The van der Waals surface area contributed by atoms with Crippen LogP contribution in [-0.2, 0) is 11.9 Å². The van der Waals surface area contributed by atoms with E-state index in [-0.39, 0.29) is 17.3 Å². The molecule has 1 N–H and O–H groups in total. The van der Waals surface area contributed by atoms with Gasteiger partial charge in [0.05, 0.1) is 6.54 Å². The average molecular weight is 432 g/mol. The Balaban J connectivity index is 1.55. The number of carbonyl (C=O) groups excluding carboxylic acids is 1. The maximum absolute atomic E-state index is 13.7. The minimum atomic E-state index is -3.67. The van der Waals surface area contributed by atoms with E-state index in [2.05, 4.69) is 25.5 Å². The first-order chi connectivity index (χ1) is 14.2. The van der Waals surface area contributed by atoms with Crippen molar-refractivity contribution in [2.24, 2.45) is 0 Å². The molecule has 0 aliphatic carbocycles. The summed E-state index contributed by atoms with van der Waals surface area (Å²) in [6.45, 7) is 4.03. The highest BCUT2D eigenvalue weighted by molar-refractivity contribution is 6.21. The third-order valence-electron chi connectivity index (χ3n) is 4.43. The van der Waals surface area contributed by atoms with Crippen LogP contribution in [0.25, 0.3) is 5.65 Å². The van der Waals surface area contributed by atoms with Crippen LogP contribution in [0.5, 0.6) is 0 Å². The first-order valence-electron chi connectivity index (χ1n) is 8.90. The van der Waals surface area contributed by atoms with Gasteiger partial charge in [-0.25, -0.2) is 19.2 Å². The van der Waals surface area contributed by atoms with Crippen LogP contribution in [0.4, 0.5) is 14.7 Å². The number of carbonyl (C=O) groups is 1. The fourth-order valence-electron chi connectivity index (χ4n) is 2.97. The predicted molar refractivity (Wildman–Crippen MR) is 106 cm³/mol. The molecule has 11 heteroatoms. The molecule has 8 nitrogen and oxygen atoms in total. The smallest absolute Gasteiger partial charge is 0.288 e. The van der Waals surface area contributed by atoms with Gasteiger partial charge in [0, 0.05) is 11.8 Å². The molecule has 0 unspecified atom stereocenters. The lowest BCUT2D eigenvalue weighted by Gasteiger charge is -2.10. The molecule has 1 amide bonds. The van der Waals surface area contributed by atoms with E-state index in [4.69, 9.17) is 11.6 Å². The Hall–Kier alpha value is -3.40. The van der Waals surface area contributed by atoms with Crippen molar-refractivity contribution < 1.29 is 13.6 Å². The van der Waals surface area contributed by atoms with Crippen molar-refractivity contribution in [2.45, 2.75) is 25.8 Å². The van der Waals surface area contributed by atoms with Crippen molar-refractivity contribution in [3.63, 3.8) is 0 Å². The lowest BCUT2D eigenvalue weighted by molar-refractivity contribution is 0.0868. The summed E-state index contributed by atoms with van der Waals surface area (Å²) in [7, 11) is 0. The van der Waals surface area contributed by atoms with E-state index in [1.165, 1.54) is 12.4 Å². The molecular formula is C19H16ClF2N7O. The van der Waals surface area contributed by atoms with E-state index >= 15 is 0 Å². The normalized spacial score (nSPS) is 11.8. The van der Waals surface area contributed by atoms with Gasteiger partial charge in [0.15, 0.2) is 11.3 Å². The van der Waals surface area contributed by atoms with E-state index in [0.29, 0.717) is 12.2 Å². The van der Waals surface area contributed by atoms with Crippen LogP contribution in [-0.4, -0.2) is 35.3 Å². The second kappa shape index (κ2) is 7.45. The first-order valence-corrected chi connectivity index (χ1v) is 9.28. The third-order valence-corrected chi connectivity index (χ3v) is 4.63. The van der Waals surface area contributed by atoms with E-state index < -0.39 is 17.0 Å². The molecule has 0 aliphatic rings. The van der Waals surface area contributed by atoms with E-state index in [1.807, 2.05) is 31.2 Å². The zero-order valence-electron chi connectivity index (χ0n) is 16.0. The number of hydrogen-bond donors (Lipinski definition) is 1. The Morgan fingerprint density at radius 2 is 1.97 bits per heavy atom. The fourth-order valence-corrected chi connectivity index (χ4v) is 3.10. The number of hydrogen-bond acceptors (Lipinski definition) is 5. The Morgan fingerprint density at radius 1 is 1.20 bits per heavy atom. The van der Waals surface area contributed by atoms with E-state index in [0.717, 1.165) is 21.7 Å². The van der Waals surface area contributed by atoms with Gasteiger partial charge in [-0.3, -0.25) is 10.1 Å². The molecule has 0 bridgehead atoms. The highest BCUT2D eigenvalue weighted by Crippen LogP contribution is 2.32. The molecular weight excluding hydrogens is 416 g/mol. The number of halogens is 3. The number of aromatic nitrogens is 6. The lowest BCUT2D eigenvalue weighted by atomic mass is 10.1. The Labute approximate surface area is 174 Å². The van der Waals surface area contributed by atoms with E-state index in [1.54, 1.807) is 11.6 Å². The molecule has 0 saturated carbocycles. The minimum absolute atomic E-state index is 0.0673. The van der Waals surface area contributed by atoms with Crippen molar-refractivity contribution in [1.29, 1.82) is 0 Å². The number of anilines is 1. The molecule has 0 radical (unpaired) electrons. The molecule has 4 rings (SSSR count). The van der Waals surface area contributed by atoms with Crippen molar-refractivity contribution in [3.8, 4) is 0 Å². The van der Waals surface area contributed by atoms with Crippen LogP contribution in [0, 0.1) is 13.8 Å². The number of alkyl halides is 3. The quantitative estimate of drug-likeness (QED) is 0.488. The number of nitrogens with one attached hydrogen (secondary N) is 1. The Kier molecular flexibility index (Phi) is 4.94. The molecule has 0 fully saturated rings. The van der Waals surface area contributed by atoms with Gasteiger partial charge in [0.1, 0.15) is 12.0 Å². The summed E-state index contributed by atoms with van der Waals surface area (Å²) in [5, 5.41) is 6.98.